The van der Waals surface area contributed by atoms with Gasteiger partial charge < -0.3 is 178 Å². The van der Waals surface area contributed by atoms with Gasteiger partial charge in [-0.1, -0.05) is 0 Å². The Kier molecular flexibility index (Phi) is 1090000. The molecule has 0 rings (SSSR count). The van der Waals surface area contributed by atoms with Crippen molar-refractivity contribution in [3.05, 3.63) is 0 Å². The van der Waals surface area contributed by atoms with E-state index in [-0.39, 0.29) is 305 Å². The molecule has 272 valence electrons. The van der Waals surface area contributed by atoms with Crippen molar-refractivity contribution in [1.82, 2.24) is 73.8 Å². The summed E-state index contributed by atoms with van der Waals surface area (Å²) in [6, 6.07) is 0. The number of rotatable bonds is 0. The fourth-order valence-corrected chi connectivity index (χ4v) is 0. The van der Waals surface area contributed by atoms with Crippen molar-refractivity contribution in [1.29, 1.82) is 0 Å². The molecule has 0 heterocycles. The van der Waals surface area contributed by atoms with Crippen LogP contribution in [0.25, 0.3) is 0 Å². The summed E-state index contributed by atoms with van der Waals surface area (Å²) < 4.78 is 0. The topological polar surface area (TPSA) is 984 Å². The van der Waals surface area contributed by atoms with Crippen molar-refractivity contribution in [2.45, 2.75) is 0 Å². The first-order valence-electron chi connectivity index (χ1n) is 0. The van der Waals surface area contributed by atoms with Crippen LogP contribution in [0.2, 0.25) is 0 Å². The minimum Gasteiger partial charge on any atom is -2.00 e. The molecular weight excluding hydrogens is 1300 g/mol. The summed E-state index contributed by atoms with van der Waals surface area (Å²) in [5, 5.41) is 0. The molecule has 0 aromatic carbocycles. The van der Waals surface area contributed by atoms with Gasteiger partial charge in [-0.15, -0.1) is 0 Å². The Morgan fingerprint density at radius 1 is 0.167 bits per heavy atom. The van der Waals surface area contributed by atoms with Crippen molar-refractivity contribution >= 4 is 0 Å². The molecule has 0 aliphatic carbocycles. The van der Waals surface area contributed by atoms with Crippen LogP contribution in [0.5, 0.6) is 0 Å². The van der Waals surface area contributed by atoms with E-state index in [0.29, 0.717) is 0 Å². The Morgan fingerprint density at radius 2 is 0.167 bits per heavy atom. The van der Waals surface area contributed by atoms with E-state index in [2.05, 4.69) is 0 Å². The Morgan fingerprint density at radius 3 is 0.167 bits per heavy atom. The van der Waals surface area contributed by atoms with Gasteiger partial charge in [-0.25, -0.2) is 0 Å². The van der Waals surface area contributed by atoms with Crippen LogP contribution in [0.4, 0.5) is 0 Å². The molecule has 31 nitrogen and oxygen atoms in total. The van der Waals surface area contributed by atoms with E-state index in [9.17, 15) is 0 Å². The largest absolute Gasteiger partial charge is 3.00 e. The maximum absolute atomic E-state index is 0. The van der Waals surface area contributed by atoms with Gasteiger partial charge >= 0.3 is 33.6 Å². The van der Waals surface area contributed by atoms with Crippen LogP contribution in [0.3, 0.4) is 0 Å². The maximum Gasteiger partial charge on any atom is 3.00 e. The van der Waals surface area contributed by atoms with E-state index >= 15 is 0 Å². The van der Waals surface area contributed by atoms with Gasteiger partial charge in [-0.3, -0.25) is 0 Å². The van der Waals surface area contributed by atoms with Crippen LogP contribution in [-0.2, 0) is 71.9 Å². The quantitative estimate of drug-likeness (QED) is 0.119. The molecule has 0 radical (unpaired) electrons. The second-order valence-electron chi connectivity index (χ2n) is 0. The Bertz CT molecular complexity index is 55.6. The van der Waals surface area contributed by atoms with Crippen LogP contribution >= 0.6 is 0 Å². The second kappa shape index (κ2) is 6030. The van der Waals surface area contributed by atoms with Gasteiger partial charge in [0.15, 0.2) is 0 Å². The molecule has 0 aromatic heterocycles. The van der Waals surface area contributed by atoms with Crippen LogP contribution in [0.1, 0.15) is 0 Å². The Labute approximate surface area is 301 Å². The first-order chi connectivity index (χ1) is 0. The summed E-state index contributed by atoms with van der Waals surface area (Å²) in [6.45, 7) is 0. The van der Waals surface area contributed by atoms with E-state index in [0.717, 1.165) is 0 Å². The molecule has 0 bridgehead atoms. The van der Waals surface area contributed by atoms with Gasteiger partial charge in [0.05, 0.1) is 0 Å². The second-order valence-corrected chi connectivity index (χ2v) is 0. The summed E-state index contributed by atoms with van der Waals surface area (Å²) in [7, 11) is 0. The molecule has 0 fully saturated rings. The Balaban J connectivity index is 0. The molecule has 0 atom stereocenters. The van der Waals surface area contributed by atoms with Crippen molar-refractivity contribution in [3.8, 4) is 0 Å². The molecule has 36 heteroatoms. The van der Waals surface area contributed by atoms with E-state index in [1.165, 1.54) is 0 Å². The number of hydrogen-bond donors (Lipinski definition) is 12. The summed E-state index contributed by atoms with van der Waals surface area (Å²) in [5.41, 5.74) is 0. The van der Waals surface area contributed by atoms with Crippen LogP contribution in [0, 0.1) is 93.3 Å². The van der Waals surface area contributed by atoms with Gasteiger partial charge in [-0.2, -0.15) is 0 Å². The predicted molar refractivity (Wildman–Crippen MR) is 92.5 cm³/mol. The normalized spacial score (nSPS) is 0. The van der Waals surface area contributed by atoms with Crippen LogP contribution in [0.15, 0.2) is 0 Å². The molecule has 0 spiro atoms. The zero-order valence-corrected chi connectivity index (χ0v) is 33.6. The van der Waals surface area contributed by atoms with Gasteiger partial charge in [0, 0.05) is 93.3 Å². The van der Waals surface area contributed by atoms with Crippen molar-refractivity contribution in [3.63, 3.8) is 0 Å². The molecule has 0 aromatic rings. The van der Waals surface area contributed by atoms with Gasteiger partial charge in [-0.05, 0) is 0 Å². The van der Waals surface area contributed by atoms with Crippen molar-refractivity contribution < 1.29 is 231 Å². The molecule has 0 amide bonds. The fourth-order valence-electron chi connectivity index (χ4n) is 0. The summed E-state index contributed by atoms with van der Waals surface area (Å²) in [5.74, 6) is 0. The van der Waals surface area contributed by atoms with Gasteiger partial charge in [0.1, 0.15) is 0 Å². The van der Waals surface area contributed by atoms with Crippen LogP contribution < -0.4 is 73.8 Å². The zero-order chi connectivity index (χ0) is 0. The fraction of sp³-hybridized carbons (Fsp3) is 0. The van der Waals surface area contributed by atoms with Crippen molar-refractivity contribution in [2.24, 2.45) is 0 Å². The number of hydrogen-bond acceptors (Lipinski definition) is 24. The zero-order valence-electron chi connectivity index (χ0n) is 19.0. The maximum atomic E-state index is 0. The standard InChI is InChI=1S/2Co.12H3N.13H2O.6O.3U/h;;12*1H3;13*1H2;;;;;;;;;/q2*+3;;;;;;;;;;;;;;;;;;;;;;;;;;6*-2;;;/p-11. The SMILES string of the molecule is N.N.N.N.N.N.N.N.N.N.N.N.[Co+3].[Co+3].[O-2].[O-2].[O-2].[O-2].[O-2].[O-2].[OH-].[OH-].[OH-].[OH-].[OH-].[OH-].[OH-].[OH-].[OH-].[OH-].[OH-].[OH-].[OH3+].[U].[U].[U]. The monoisotopic (exact) mass is 1360 g/mol. The average molecular weight is 1360 g/mol. The van der Waals surface area contributed by atoms with Gasteiger partial charge in [0.25, 0.3) is 0 Å². The smallest absolute Gasteiger partial charge is 2.00 e. The third-order valence-electron chi connectivity index (χ3n) is 0. The Hall–Kier alpha value is 2.93. The van der Waals surface area contributed by atoms with E-state index < -0.39 is 0 Å². The third kappa shape index (κ3) is 5560. The van der Waals surface area contributed by atoms with Gasteiger partial charge in [0.2, 0.25) is 0 Å². The molecule has 0 unspecified atom stereocenters. The predicted octanol–water partition coefficient (Wildman–Crippen LogP) is -1.82. The first-order valence-corrected chi connectivity index (χ1v) is 0. The van der Waals surface area contributed by atoms with Crippen LogP contribution in [-0.4, -0.2) is 65.7 Å². The summed E-state index contributed by atoms with van der Waals surface area (Å²) >= 11 is 0. The third-order valence-corrected chi connectivity index (χ3v) is 0. The van der Waals surface area contributed by atoms with E-state index in [1.807, 2.05) is 0 Å². The minimum atomic E-state index is 0. The minimum absolute atomic E-state index is 0. The van der Waals surface area contributed by atoms with E-state index in [1.54, 1.807) is 0 Å². The molecule has 0 aliphatic heterocycles. The summed E-state index contributed by atoms with van der Waals surface area (Å²) in [6.07, 6.45) is 0. The van der Waals surface area contributed by atoms with E-state index in [4.69, 9.17) is 0 Å². The molecule has 51 N–H and O–H groups in total. The molecule has 0 aliphatic rings. The molecule has 0 saturated carbocycles. The summed E-state index contributed by atoms with van der Waals surface area (Å²) in [4.78, 5) is 0. The molecule has 36 heavy (non-hydrogen) atoms. The molecular formula is H51Co2N12O19U3-17. The van der Waals surface area contributed by atoms with Crippen molar-refractivity contribution in [2.75, 3.05) is 0 Å². The first kappa shape index (κ1) is 6530. The average Bonchev–Trinajstić information content (AvgIpc) is 0. The molecule has 0 saturated heterocycles.